The van der Waals surface area contributed by atoms with Crippen molar-refractivity contribution in [2.24, 2.45) is 5.92 Å². The van der Waals surface area contributed by atoms with Gasteiger partial charge >= 0.3 is 5.63 Å². The van der Waals surface area contributed by atoms with Crippen LogP contribution in [0.3, 0.4) is 0 Å². The van der Waals surface area contributed by atoms with Crippen molar-refractivity contribution in [1.29, 1.82) is 0 Å². The summed E-state index contributed by atoms with van der Waals surface area (Å²) in [5.74, 6) is 0.513. The van der Waals surface area contributed by atoms with Gasteiger partial charge < -0.3 is 4.52 Å². The molecule has 0 aliphatic heterocycles. The number of hydrogen-bond acceptors (Lipinski definition) is 2. The highest BCUT2D eigenvalue weighted by atomic mass is 79.9. The predicted molar refractivity (Wildman–Crippen MR) is 45.6 cm³/mol. The van der Waals surface area contributed by atoms with Gasteiger partial charge in [0.25, 0.3) is 0 Å². The molecular formula is C7H10BrNO2. The zero-order chi connectivity index (χ0) is 8.43. The molecular weight excluding hydrogens is 210 g/mol. The first-order valence-corrected chi connectivity index (χ1v) is 4.26. The second-order valence-electron chi connectivity index (χ2n) is 2.88. The third-order valence-electron chi connectivity index (χ3n) is 1.32. The second-order valence-corrected chi connectivity index (χ2v) is 3.68. The van der Waals surface area contributed by atoms with E-state index in [1.807, 2.05) is 0 Å². The van der Waals surface area contributed by atoms with Crippen LogP contribution in [0.5, 0.6) is 0 Å². The van der Waals surface area contributed by atoms with E-state index >= 15 is 0 Å². The molecule has 0 aromatic carbocycles. The van der Waals surface area contributed by atoms with Crippen LogP contribution >= 0.6 is 15.9 Å². The molecule has 1 aromatic rings. The summed E-state index contributed by atoms with van der Waals surface area (Å²) in [5, 5.41) is 2.57. The molecule has 0 unspecified atom stereocenters. The Balaban J connectivity index is 2.87. The van der Waals surface area contributed by atoms with Crippen molar-refractivity contribution in [2.75, 3.05) is 0 Å². The summed E-state index contributed by atoms with van der Waals surface area (Å²) < 4.78 is 5.09. The molecule has 0 aliphatic rings. The van der Waals surface area contributed by atoms with E-state index in [-0.39, 0.29) is 5.63 Å². The molecule has 0 amide bonds. The van der Waals surface area contributed by atoms with Gasteiger partial charge in [0, 0.05) is 0 Å². The van der Waals surface area contributed by atoms with Crippen molar-refractivity contribution in [3.05, 3.63) is 20.6 Å². The predicted octanol–water partition coefficient (Wildman–Crippen LogP) is 1.93. The van der Waals surface area contributed by atoms with E-state index in [1.165, 1.54) is 0 Å². The summed E-state index contributed by atoms with van der Waals surface area (Å²) in [6, 6.07) is 0. The summed E-state index contributed by atoms with van der Waals surface area (Å²) in [7, 11) is 0. The van der Waals surface area contributed by atoms with Gasteiger partial charge in [-0.05, 0) is 28.3 Å². The van der Waals surface area contributed by atoms with E-state index in [0.717, 1.165) is 12.1 Å². The lowest BCUT2D eigenvalue weighted by Gasteiger charge is -1.99. The van der Waals surface area contributed by atoms with E-state index < -0.39 is 0 Å². The minimum atomic E-state index is -0.333. The van der Waals surface area contributed by atoms with E-state index in [4.69, 9.17) is 0 Å². The standard InChI is InChI=1S/C7H10BrNO2/c1-4(2)3-5-6(8)7(10)11-9-5/h4,9H,3H2,1-2H3. The minimum Gasteiger partial charge on any atom is -0.338 e. The maximum absolute atomic E-state index is 10.8. The Hall–Kier alpha value is -0.510. The zero-order valence-corrected chi connectivity index (χ0v) is 8.06. The fraction of sp³-hybridized carbons (Fsp3) is 0.571. The number of rotatable bonds is 2. The average molecular weight is 220 g/mol. The van der Waals surface area contributed by atoms with E-state index in [9.17, 15) is 4.79 Å². The maximum Gasteiger partial charge on any atom is 0.371 e. The van der Waals surface area contributed by atoms with Crippen LogP contribution in [0.4, 0.5) is 0 Å². The van der Waals surface area contributed by atoms with Crippen LogP contribution in [0.2, 0.25) is 0 Å². The van der Waals surface area contributed by atoms with E-state index in [1.54, 1.807) is 0 Å². The van der Waals surface area contributed by atoms with Gasteiger partial charge in [-0.3, -0.25) is 0 Å². The van der Waals surface area contributed by atoms with Crippen LogP contribution in [-0.2, 0) is 6.42 Å². The SMILES string of the molecule is CC(C)Cc1[nH]oc(=O)c1Br. The highest BCUT2D eigenvalue weighted by Gasteiger charge is 2.09. The van der Waals surface area contributed by atoms with Crippen molar-refractivity contribution < 1.29 is 4.52 Å². The number of aromatic amines is 1. The van der Waals surface area contributed by atoms with Gasteiger partial charge in [-0.15, -0.1) is 0 Å². The monoisotopic (exact) mass is 219 g/mol. The Morgan fingerprint density at radius 3 is 2.64 bits per heavy atom. The quantitative estimate of drug-likeness (QED) is 0.827. The maximum atomic E-state index is 10.8. The molecule has 11 heavy (non-hydrogen) atoms. The van der Waals surface area contributed by atoms with Gasteiger partial charge in [0.1, 0.15) is 4.47 Å². The lowest BCUT2D eigenvalue weighted by Crippen LogP contribution is -1.97. The average Bonchev–Trinajstić information content (AvgIpc) is 2.18. The Morgan fingerprint density at radius 1 is 1.64 bits per heavy atom. The first kappa shape index (κ1) is 8.59. The second kappa shape index (κ2) is 3.26. The number of H-pyrrole nitrogens is 1. The Morgan fingerprint density at radius 2 is 2.27 bits per heavy atom. The molecule has 0 atom stereocenters. The lowest BCUT2D eigenvalue weighted by atomic mass is 10.1. The fourth-order valence-corrected chi connectivity index (χ4v) is 1.18. The third-order valence-corrected chi connectivity index (χ3v) is 2.13. The number of aromatic nitrogens is 1. The van der Waals surface area contributed by atoms with Crippen LogP contribution < -0.4 is 5.63 Å². The summed E-state index contributed by atoms with van der Waals surface area (Å²) in [6.07, 6.45) is 0.826. The Labute approximate surface area is 72.9 Å². The molecule has 0 aliphatic carbocycles. The summed E-state index contributed by atoms with van der Waals surface area (Å²) in [6.45, 7) is 4.16. The van der Waals surface area contributed by atoms with Crippen molar-refractivity contribution in [3.8, 4) is 0 Å². The van der Waals surface area contributed by atoms with E-state index in [0.29, 0.717) is 10.4 Å². The molecule has 3 nitrogen and oxygen atoms in total. The summed E-state index contributed by atoms with van der Waals surface area (Å²) in [5.41, 5.74) is 0.505. The van der Waals surface area contributed by atoms with Crippen LogP contribution in [0.15, 0.2) is 13.8 Å². The van der Waals surface area contributed by atoms with Crippen molar-refractivity contribution in [1.82, 2.24) is 5.16 Å². The van der Waals surface area contributed by atoms with Crippen LogP contribution in [0.25, 0.3) is 0 Å². The van der Waals surface area contributed by atoms with Gasteiger partial charge in [-0.25, -0.2) is 9.95 Å². The molecule has 0 saturated heterocycles. The third kappa shape index (κ3) is 1.96. The normalized spacial score (nSPS) is 10.9. The summed E-state index contributed by atoms with van der Waals surface area (Å²) in [4.78, 5) is 10.8. The highest BCUT2D eigenvalue weighted by Crippen LogP contribution is 2.13. The van der Waals surface area contributed by atoms with Crippen LogP contribution in [-0.4, -0.2) is 5.16 Å². The van der Waals surface area contributed by atoms with Gasteiger partial charge in [-0.1, -0.05) is 13.8 Å². The number of hydrogen-bond donors (Lipinski definition) is 1. The lowest BCUT2D eigenvalue weighted by molar-refractivity contribution is 0.381. The van der Waals surface area contributed by atoms with E-state index in [2.05, 4.69) is 39.5 Å². The molecule has 1 N–H and O–H groups in total. The molecule has 4 heteroatoms. The molecule has 0 saturated carbocycles. The molecule has 0 fully saturated rings. The van der Waals surface area contributed by atoms with Gasteiger partial charge in [0.05, 0.1) is 5.69 Å². The Bertz CT molecular complexity index is 287. The molecule has 0 radical (unpaired) electrons. The van der Waals surface area contributed by atoms with Crippen LogP contribution in [0, 0.1) is 5.92 Å². The van der Waals surface area contributed by atoms with Crippen molar-refractivity contribution in [2.45, 2.75) is 20.3 Å². The Kier molecular flexibility index (Phi) is 2.54. The largest absolute Gasteiger partial charge is 0.371 e. The van der Waals surface area contributed by atoms with Crippen LogP contribution in [0.1, 0.15) is 19.5 Å². The molecule has 0 spiro atoms. The molecule has 1 aromatic heterocycles. The molecule has 62 valence electrons. The molecule has 1 heterocycles. The summed E-state index contributed by atoms with van der Waals surface area (Å²) >= 11 is 3.14. The van der Waals surface area contributed by atoms with Gasteiger partial charge in [0.2, 0.25) is 0 Å². The van der Waals surface area contributed by atoms with Gasteiger partial charge in [0.15, 0.2) is 0 Å². The number of nitrogens with one attached hydrogen (secondary N) is 1. The zero-order valence-electron chi connectivity index (χ0n) is 6.48. The molecule has 1 rings (SSSR count). The van der Waals surface area contributed by atoms with Crippen molar-refractivity contribution in [3.63, 3.8) is 0 Å². The first-order valence-electron chi connectivity index (χ1n) is 3.47. The topological polar surface area (TPSA) is 46.0 Å². The van der Waals surface area contributed by atoms with Gasteiger partial charge in [-0.2, -0.15) is 0 Å². The number of halogens is 1. The fourth-order valence-electron chi connectivity index (χ4n) is 0.860. The first-order chi connectivity index (χ1) is 5.11. The molecule has 0 bridgehead atoms. The minimum absolute atomic E-state index is 0.333. The smallest absolute Gasteiger partial charge is 0.338 e. The van der Waals surface area contributed by atoms with Crippen molar-refractivity contribution >= 4 is 15.9 Å². The highest BCUT2D eigenvalue weighted by molar-refractivity contribution is 9.10.